The zero-order valence-electron chi connectivity index (χ0n) is 20.7. The first-order chi connectivity index (χ1) is 18.2. The number of unbranched alkanes of at least 4 members (excludes halogenated alkanes) is 1. The van der Waals surface area contributed by atoms with Crippen LogP contribution in [0.25, 0.3) is 44.7 Å². The number of imidazole rings is 1. The highest BCUT2D eigenvalue weighted by Gasteiger charge is 2.15. The molecule has 4 aromatic carbocycles. The van der Waals surface area contributed by atoms with E-state index < -0.39 is 0 Å². The van der Waals surface area contributed by atoms with Crippen LogP contribution in [0.3, 0.4) is 0 Å². The summed E-state index contributed by atoms with van der Waals surface area (Å²) in [4.78, 5) is 9.69. The van der Waals surface area contributed by atoms with E-state index in [4.69, 9.17) is 9.40 Å². The fraction of sp³-hybridized carbons (Fsp3) is 0.156. The minimum Gasteiger partial charge on any atom is -0.436 e. The van der Waals surface area contributed by atoms with Gasteiger partial charge in [-0.2, -0.15) is 5.26 Å². The number of aromatic nitrogens is 3. The van der Waals surface area contributed by atoms with Gasteiger partial charge in [-0.25, -0.2) is 9.97 Å². The molecule has 6 rings (SSSR count). The summed E-state index contributed by atoms with van der Waals surface area (Å²) < 4.78 is 8.32. The number of nitrogens with zero attached hydrogens (tertiary/aromatic N) is 4. The van der Waals surface area contributed by atoms with Crippen molar-refractivity contribution in [2.45, 2.75) is 32.7 Å². The molecular formula is C32H26N4O. The third kappa shape index (κ3) is 4.39. The number of fused-ring (bicyclic) bond motifs is 2. The molecule has 0 aliphatic heterocycles. The van der Waals surface area contributed by atoms with Crippen LogP contribution in [0.2, 0.25) is 0 Å². The number of para-hydroxylation sites is 2. The number of nitriles is 1. The third-order valence-electron chi connectivity index (χ3n) is 6.78. The number of oxazole rings is 1. The summed E-state index contributed by atoms with van der Waals surface area (Å²) in [6, 6.07) is 32.6. The van der Waals surface area contributed by atoms with E-state index in [2.05, 4.69) is 65.0 Å². The zero-order valence-corrected chi connectivity index (χ0v) is 20.7. The first kappa shape index (κ1) is 22.8. The average Bonchev–Trinajstić information content (AvgIpc) is 3.53. The smallest absolute Gasteiger partial charge is 0.227 e. The van der Waals surface area contributed by atoms with Gasteiger partial charge in [-0.05, 0) is 59.5 Å². The van der Waals surface area contributed by atoms with Gasteiger partial charge in [-0.1, -0.05) is 67.9 Å². The second kappa shape index (κ2) is 9.75. The lowest BCUT2D eigenvalue weighted by Crippen LogP contribution is -2.05. The number of benzene rings is 4. The van der Waals surface area contributed by atoms with Gasteiger partial charge in [0.25, 0.3) is 0 Å². The van der Waals surface area contributed by atoms with Crippen LogP contribution in [0.5, 0.6) is 0 Å². The normalized spacial score (nSPS) is 11.2. The highest BCUT2D eigenvalue weighted by Crippen LogP contribution is 2.29. The fourth-order valence-corrected chi connectivity index (χ4v) is 4.82. The Kier molecular flexibility index (Phi) is 6.00. The lowest BCUT2D eigenvalue weighted by molar-refractivity contribution is 0.620. The molecule has 0 aliphatic rings. The van der Waals surface area contributed by atoms with Crippen molar-refractivity contribution in [1.29, 1.82) is 5.26 Å². The number of rotatable bonds is 7. The predicted molar refractivity (Wildman–Crippen MR) is 147 cm³/mol. The van der Waals surface area contributed by atoms with Gasteiger partial charge in [0.05, 0.1) is 22.7 Å². The predicted octanol–water partition coefficient (Wildman–Crippen LogP) is 7.77. The average molecular weight is 483 g/mol. The SMILES string of the molecule is CCCCc1nc2cc(-c3nc4ccccc4o3)ccc2n1Cc1ccc(-c2ccccc2C#N)cc1. The Bertz CT molecular complexity index is 1720. The Labute approximate surface area is 215 Å². The molecule has 0 atom stereocenters. The van der Waals surface area contributed by atoms with E-state index in [1.54, 1.807) is 0 Å². The summed E-state index contributed by atoms with van der Waals surface area (Å²) in [5.74, 6) is 1.70. The fourth-order valence-electron chi connectivity index (χ4n) is 4.82. The van der Waals surface area contributed by atoms with Crippen molar-refractivity contribution in [3.05, 3.63) is 108 Å². The molecule has 0 spiro atoms. The van der Waals surface area contributed by atoms with E-state index in [0.717, 1.165) is 70.5 Å². The summed E-state index contributed by atoms with van der Waals surface area (Å²) in [6.45, 7) is 2.94. The minimum absolute atomic E-state index is 0.612. The largest absolute Gasteiger partial charge is 0.436 e. The van der Waals surface area contributed by atoms with Gasteiger partial charge in [0, 0.05) is 18.5 Å². The molecular weight excluding hydrogens is 456 g/mol. The maximum absolute atomic E-state index is 9.47. The molecule has 0 amide bonds. The first-order valence-electron chi connectivity index (χ1n) is 12.7. The van der Waals surface area contributed by atoms with Crippen LogP contribution in [-0.2, 0) is 13.0 Å². The molecule has 0 saturated heterocycles. The zero-order chi connectivity index (χ0) is 25.2. The van der Waals surface area contributed by atoms with Crippen molar-refractivity contribution in [1.82, 2.24) is 14.5 Å². The van der Waals surface area contributed by atoms with E-state index >= 15 is 0 Å². The van der Waals surface area contributed by atoms with Crippen molar-refractivity contribution in [2.24, 2.45) is 0 Å². The monoisotopic (exact) mass is 482 g/mol. The lowest BCUT2D eigenvalue weighted by atomic mass is 9.99. The maximum Gasteiger partial charge on any atom is 0.227 e. The molecule has 180 valence electrons. The Balaban J connectivity index is 1.35. The van der Waals surface area contributed by atoms with E-state index in [0.29, 0.717) is 11.5 Å². The molecule has 5 heteroatoms. The van der Waals surface area contributed by atoms with Gasteiger partial charge < -0.3 is 8.98 Å². The van der Waals surface area contributed by atoms with Gasteiger partial charge in [-0.3, -0.25) is 0 Å². The van der Waals surface area contributed by atoms with Crippen molar-refractivity contribution in [3.8, 4) is 28.7 Å². The van der Waals surface area contributed by atoms with Gasteiger partial charge in [0.15, 0.2) is 5.58 Å². The molecule has 2 heterocycles. The van der Waals surface area contributed by atoms with Crippen LogP contribution in [-0.4, -0.2) is 14.5 Å². The van der Waals surface area contributed by atoms with Crippen LogP contribution >= 0.6 is 0 Å². The van der Waals surface area contributed by atoms with Crippen LogP contribution in [0, 0.1) is 11.3 Å². The molecule has 0 aliphatic carbocycles. The van der Waals surface area contributed by atoms with E-state index in [1.165, 1.54) is 5.56 Å². The summed E-state index contributed by atoms with van der Waals surface area (Å²) >= 11 is 0. The minimum atomic E-state index is 0.612. The number of hydrogen-bond acceptors (Lipinski definition) is 4. The van der Waals surface area contributed by atoms with Crippen LogP contribution < -0.4 is 0 Å². The molecule has 6 aromatic rings. The van der Waals surface area contributed by atoms with Crippen LogP contribution in [0.1, 0.15) is 36.7 Å². The summed E-state index contributed by atoms with van der Waals surface area (Å²) in [5, 5.41) is 9.47. The van der Waals surface area contributed by atoms with Crippen molar-refractivity contribution in [3.63, 3.8) is 0 Å². The summed E-state index contributed by atoms with van der Waals surface area (Å²) in [5.41, 5.74) is 8.50. The standard InChI is InChI=1S/C32H26N4O/c1-2-3-12-31-34-28-19-24(32-35-27-10-6-7-11-30(27)37-32)17-18-29(28)36(31)21-22-13-15-23(16-14-22)26-9-5-4-8-25(26)20-33/h4-11,13-19H,2-3,12,21H2,1H3. The molecule has 0 unspecified atom stereocenters. The van der Waals surface area contributed by atoms with Crippen molar-refractivity contribution >= 4 is 22.1 Å². The molecule has 0 saturated carbocycles. The Morgan fingerprint density at radius 2 is 1.62 bits per heavy atom. The van der Waals surface area contributed by atoms with Gasteiger partial charge in [-0.15, -0.1) is 0 Å². The molecule has 0 N–H and O–H groups in total. The summed E-state index contributed by atoms with van der Waals surface area (Å²) in [7, 11) is 0. The highest BCUT2D eigenvalue weighted by molar-refractivity contribution is 5.83. The highest BCUT2D eigenvalue weighted by atomic mass is 16.3. The van der Waals surface area contributed by atoms with Crippen molar-refractivity contribution in [2.75, 3.05) is 0 Å². The van der Waals surface area contributed by atoms with Crippen LogP contribution in [0.15, 0.2) is 95.4 Å². The van der Waals surface area contributed by atoms with E-state index in [1.807, 2.05) is 48.5 Å². The Morgan fingerprint density at radius 1 is 0.838 bits per heavy atom. The molecule has 0 bridgehead atoms. The second-order valence-electron chi connectivity index (χ2n) is 9.26. The Hall–Kier alpha value is -4.69. The van der Waals surface area contributed by atoms with Crippen LogP contribution in [0.4, 0.5) is 0 Å². The topological polar surface area (TPSA) is 67.6 Å². The third-order valence-corrected chi connectivity index (χ3v) is 6.78. The molecule has 0 radical (unpaired) electrons. The van der Waals surface area contributed by atoms with E-state index in [-0.39, 0.29) is 0 Å². The Morgan fingerprint density at radius 3 is 2.43 bits per heavy atom. The molecule has 0 fully saturated rings. The van der Waals surface area contributed by atoms with Gasteiger partial charge in [0.2, 0.25) is 5.89 Å². The van der Waals surface area contributed by atoms with E-state index in [9.17, 15) is 5.26 Å². The van der Waals surface area contributed by atoms with Crippen molar-refractivity contribution < 1.29 is 4.42 Å². The van der Waals surface area contributed by atoms with Gasteiger partial charge in [0.1, 0.15) is 11.3 Å². The quantitative estimate of drug-likeness (QED) is 0.233. The van der Waals surface area contributed by atoms with Gasteiger partial charge >= 0.3 is 0 Å². The molecule has 2 aromatic heterocycles. The number of aryl methyl sites for hydroxylation is 1. The lowest BCUT2D eigenvalue weighted by Gasteiger charge is -2.11. The molecule has 5 nitrogen and oxygen atoms in total. The summed E-state index contributed by atoms with van der Waals surface area (Å²) in [6.07, 6.45) is 3.13. The first-order valence-corrected chi connectivity index (χ1v) is 12.7. The number of hydrogen-bond donors (Lipinski definition) is 0. The molecule has 37 heavy (non-hydrogen) atoms. The second-order valence-corrected chi connectivity index (χ2v) is 9.26. The maximum atomic E-state index is 9.47.